The fraction of sp³-hybridized carbons (Fsp3) is 0.667. The van der Waals surface area contributed by atoms with E-state index in [9.17, 15) is 0 Å². The summed E-state index contributed by atoms with van der Waals surface area (Å²) in [4.78, 5) is 10.6. The van der Waals surface area contributed by atoms with Crippen LogP contribution in [0.5, 0.6) is 0 Å². The van der Waals surface area contributed by atoms with Crippen LogP contribution in [-0.2, 0) is 0 Å². The molecule has 3 heteroatoms. The Labute approximate surface area is 54.1 Å². The zero-order valence-electron chi connectivity index (χ0n) is 5.25. The topological polar surface area (TPSA) is 28.0 Å². The van der Waals surface area contributed by atoms with Crippen LogP contribution in [0.4, 0.5) is 0 Å². The van der Waals surface area contributed by atoms with Gasteiger partial charge in [-0.15, -0.1) is 0 Å². The van der Waals surface area contributed by atoms with Gasteiger partial charge in [0.25, 0.3) is 0 Å². The second-order valence-corrected chi connectivity index (χ2v) is 2.27. The normalized spacial score (nSPS) is 24.0. The van der Waals surface area contributed by atoms with Gasteiger partial charge in [0.15, 0.2) is 0 Å². The van der Waals surface area contributed by atoms with Gasteiger partial charge < -0.3 is 4.90 Å². The Morgan fingerprint density at radius 2 is 2.44 bits per heavy atom. The summed E-state index contributed by atoms with van der Waals surface area (Å²) < 4.78 is 0. The quantitative estimate of drug-likeness (QED) is 0.450. The van der Waals surface area contributed by atoms with Gasteiger partial charge in [0.05, 0.1) is 6.54 Å². The van der Waals surface area contributed by atoms with Crippen molar-refractivity contribution in [3.8, 4) is 0 Å². The number of nitrogens with zero attached hydrogens (tertiary/aromatic N) is 3. The molecular formula is C6H9N3. The Morgan fingerprint density at radius 3 is 3.33 bits per heavy atom. The molecule has 3 nitrogen and oxygen atoms in total. The summed E-state index contributed by atoms with van der Waals surface area (Å²) in [5.41, 5.74) is 0. The molecule has 2 aliphatic rings. The molecule has 2 heterocycles. The maximum atomic E-state index is 4.20. The fourth-order valence-electron chi connectivity index (χ4n) is 1.16. The van der Waals surface area contributed by atoms with Gasteiger partial charge in [-0.1, -0.05) is 0 Å². The second kappa shape index (κ2) is 1.83. The molecule has 0 saturated heterocycles. The molecule has 0 saturated carbocycles. The van der Waals surface area contributed by atoms with Crippen LogP contribution in [0.3, 0.4) is 0 Å². The Morgan fingerprint density at radius 1 is 1.44 bits per heavy atom. The van der Waals surface area contributed by atoms with E-state index in [2.05, 4.69) is 14.9 Å². The summed E-state index contributed by atoms with van der Waals surface area (Å²) in [5.74, 6) is 0.946. The molecule has 9 heavy (non-hydrogen) atoms. The van der Waals surface area contributed by atoms with Crippen molar-refractivity contribution in [1.29, 1.82) is 0 Å². The maximum Gasteiger partial charge on any atom is 0.220 e. The first kappa shape index (κ1) is 4.97. The largest absolute Gasteiger partial charge is 0.339 e. The highest BCUT2D eigenvalue weighted by atomic mass is 15.3. The number of fused-ring (bicyclic) bond motifs is 1. The average Bonchev–Trinajstić information content (AvgIpc) is 2.33. The molecule has 0 N–H and O–H groups in total. The SMILES string of the molecule is C1=NC2=NCCN2CC1. The third-order valence-corrected chi connectivity index (χ3v) is 1.64. The van der Waals surface area contributed by atoms with E-state index >= 15 is 0 Å². The third kappa shape index (κ3) is 0.724. The monoisotopic (exact) mass is 123 g/mol. The van der Waals surface area contributed by atoms with Gasteiger partial charge in [-0.3, -0.25) is 0 Å². The van der Waals surface area contributed by atoms with E-state index in [1.165, 1.54) is 0 Å². The van der Waals surface area contributed by atoms with Crippen molar-refractivity contribution in [3.05, 3.63) is 0 Å². The lowest BCUT2D eigenvalue weighted by Gasteiger charge is -2.18. The van der Waals surface area contributed by atoms with Gasteiger partial charge >= 0.3 is 0 Å². The molecule has 0 atom stereocenters. The van der Waals surface area contributed by atoms with Crippen LogP contribution >= 0.6 is 0 Å². The Balaban J connectivity index is 2.24. The van der Waals surface area contributed by atoms with Gasteiger partial charge in [0, 0.05) is 25.7 Å². The number of rotatable bonds is 0. The summed E-state index contributed by atoms with van der Waals surface area (Å²) in [6, 6.07) is 0. The molecule has 0 aromatic heterocycles. The lowest BCUT2D eigenvalue weighted by Crippen LogP contribution is -2.30. The summed E-state index contributed by atoms with van der Waals surface area (Å²) in [7, 11) is 0. The lowest BCUT2D eigenvalue weighted by atomic mass is 10.4. The van der Waals surface area contributed by atoms with E-state index in [1.807, 2.05) is 6.21 Å². The minimum absolute atomic E-state index is 0.937. The molecule has 2 rings (SSSR count). The molecule has 0 spiro atoms. The molecule has 0 aliphatic carbocycles. The standard InChI is InChI=1S/C6H9N3/c1-2-7-6-8-3-5-9(6)4-1/h2H,1,3-5H2. The van der Waals surface area contributed by atoms with Crippen LogP contribution < -0.4 is 0 Å². The molecule has 48 valence electrons. The van der Waals surface area contributed by atoms with E-state index in [0.717, 1.165) is 32.0 Å². The summed E-state index contributed by atoms with van der Waals surface area (Å²) in [6.45, 7) is 3.13. The van der Waals surface area contributed by atoms with Crippen molar-refractivity contribution in [1.82, 2.24) is 4.90 Å². The molecule has 0 unspecified atom stereocenters. The molecule has 0 bridgehead atoms. The van der Waals surface area contributed by atoms with Crippen LogP contribution in [0.25, 0.3) is 0 Å². The molecule has 2 aliphatic heterocycles. The Kier molecular flexibility index (Phi) is 1.01. The predicted molar refractivity (Wildman–Crippen MR) is 37.0 cm³/mol. The first-order valence-electron chi connectivity index (χ1n) is 3.29. The first-order chi connectivity index (χ1) is 4.47. The number of guanidine groups is 1. The van der Waals surface area contributed by atoms with E-state index in [4.69, 9.17) is 0 Å². The molecule has 0 fully saturated rings. The van der Waals surface area contributed by atoms with E-state index in [-0.39, 0.29) is 0 Å². The van der Waals surface area contributed by atoms with Crippen LogP contribution in [0.15, 0.2) is 9.98 Å². The smallest absolute Gasteiger partial charge is 0.220 e. The van der Waals surface area contributed by atoms with Gasteiger partial charge in [-0.25, -0.2) is 9.98 Å². The van der Waals surface area contributed by atoms with Crippen LogP contribution in [0.2, 0.25) is 0 Å². The van der Waals surface area contributed by atoms with Crippen molar-refractivity contribution in [2.75, 3.05) is 19.6 Å². The van der Waals surface area contributed by atoms with E-state index in [0.29, 0.717) is 0 Å². The van der Waals surface area contributed by atoms with Crippen molar-refractivity contribution in [2.24, 2.45) is 9.98 Å². The Bertz CT molecular complexity index is 171. The highest BCUT2D eigenvalue weighted by Gasteiger charge is 2.16. The molecule has 0 amide bonds. The third-order valence-electron chi connectivity index (χ3n) is 1.64. The summed E-state index contributed by atoms with van der Waals surface area (Å²) >= 11 is 0. The van der Waals surface area contributed by atoms with Crippen molar-refractivity contribution < 1.29 is 0 Å². The number of hydrogen-bond donors (Lipinski definition) is 0. The van der Waals surface area contributed by atoms with Crippen molar-refractivity contribution >= 4 is 12.2 Å². The molecule has 0 aromatic rings. The van der Waals surface area contributed by atoms with E-state index in [1.54, 1.807) is 0 Å². The molecule has 0 radical (unpaired) electrons. The van der Waals surface area contributed by atoms with Crippen LogP contribution in [0, 0.1) is 0 Å². The summed E-state index contributed by atoms with van der Waals surface area (Å²) in [6.07, 6.45) is 3.03. The van der Waals surface area contributed by atoms with Gasteiger partial charge in [0.2, 0.25) is 5.96 Å². The summed E-state index contributed by atoms with van der Waals surface area (Å²) in [5, 5.41) is 0. The van der Waals surface area contributed by atoms with Gasteiger partial charge in [0.1, 0.15) is 0 Å². The minimum Gasteiger partial charge on any atom is -0.339 e. The lowest BCUT2D eigenvalue weighted by molar-refractivity contribution is 0.461. The zero-order valence-corrected chi connectivity index (χ0v) is 5.25. The highest BCUT2D eigenvalue weighted by molar-refractivity contribution is 5.90. The first-order valence-corrected chi connectivity index (χ1v) is 3.29. The van der Waals surface area contributed by atoms with Crippen molar-refractivity contribution in [2.45, 2.75) is 6.42 Å². The molecule has 0 aromatic carbocycles. The van der Waals surface area contributed by atoms with E-state index < -0.39 is 0 Å². The minimum atomic E-state index is 0.937. The number of hydrogen-bond acceptors (Lipinski definition) is 3. The Hall–Kier alpha value is -0.860. The van der Waals surface area contributed by atoms with Crippen LogP contribution in [0.1, 0.15) is 6.42 Å². The van der Waals surface area contributed by atoms with Crippen molar-refractivity contribution in [3.63, 3.8) is 0 Å². The fourth-order valence-corrected chi connectivity index (χ4v) is 1.16. The van der Waals surface area contributed by atoms with Gasteiger partial charge in [-0.05, 0) is 0 Å². The number of aliphatic imine (C=N–C) groups is 2. The molecular weight excluding hydrogens is 114 g/mol. The zero-order chi connectivity index (χ0) is 6.10. The second-order valence-electron chi connectivity index (χ2n) is 2.27. The van der Waals surface area contributed by atoms with Gasteiger partial charge in [-0.2, -0.15) is 0 Å². The van der Waals surface area contributed by atoms with Crippen LogP contribution in [-0.4, -0.2) is 36.7 Å². The highest BCUT2D eigenvalue weighted by Crippen LogP contribution is 2.06. The maximum absolute atomic E-state index is 4.20. The average molecular weight is 123 g/mol. The predicted octanol–water partition coefficient (Wildman–Crippen LogP) is 0.133.